The highest BCUT2D eigenvalue weighted by molar-refractivity contribution is 5.35. The van der Waals surface area contributed by atoms with E-state index in [-0.39, 0.29) is 0 Å². The fourth-order valence-electron chi connectivity index (χ4n) is 2.84. The number of nitrogens with one attached hydrogen (secondary N) is 1. The summed E-state index contributed by atoms with van der Waals surface area (Å²) < 4.78 is 5.78. The van der Waals surface area contributed by atoms with Gasteiger partial charge in [0.1, 0.15) is 11.5 Å². The SMILES string of the molecule is CCCNC(c1c(C)oc(C)c1C)C1CCC1. The molecule has 96 valence electrons. The van der Waals surface area contributed by atoms with Crippen LogP contribution in [0.25, 0.3) is 0 Å². The molecule has 0 aliphatic heterocycles. The minimum atomic E-state index is 0.515. The molecule has 1 fully saturated rings. The van der Waals surface area contributed by atoms with Gasteiger partial charge in [-0.05, 0) is 58.1 Å². The van der Waals surface area contributed by atoms with Gasteiger partial charge in [-0.3, -0.25) is 0 Å². The lowest BCUT2D eigenvalue weighted by atomic mass is 9.76. The molecule has 0 spiro atoms. The lowest BCUT2D eigenvalue weighted by molar-refractivity contribution is 0.229. The molecule has 1 aromatic heterocycles. The standard InChI is InChI=1S/C15H25NO/c1-5-9-16-15(13-7-6-8-13)14-10(2)11(3)17-12(14)4/h13,15-16H,5-9H2,1-4H3. The summed E-state index contributed by atoms with van der Waals surface area (Å²) in [6.07, 6.45) is 5.32. The Morgan fingerprint density at radius 1 is 1.24 bits per heavy atom. The molecule has 0 bridgehead atoms. The second-order valence-electron chi connectivity index (χ2n) is 5.38. The maximum absolute atomic E-state index is 5.78. The zero-order chi connectivity index (χ0) is 12.4. The summed E-state index contributed by atoms with van der Waals surface area (Å²) in [6, 6.07) is 0.515. The quantitative estimate of drug-likeness (QED) is 0.833. The van der Waals surface area contributed by atoms with Crippen LogP contribution in [0.1, 0.15) is 61.3 Å². The molecule has 2 nitrogen and oxygen atoms in total. The fraction of sp³-hybridized carbons (Fsp3) is 0.733. The van der Waals surface area contributed by atoms with Gasteiger partial charge in [-0.15, -0.1) is 0 Å². The van der Waals surface area contributed by atoms with Crippen molar-refractivity contribution in [1.82, 2.24) is 5.32 Å². The average Bonchev–Trinajstić information content (AvgIpc) is 2.46. The molecule has 1 heterocycles. The predicted molar refractivity (Wildman–Crippen MR) is 71.3 cm³/mol. The number of rotatable bonds is 5. The van der Waals surface area contributed by atoms with Crippen LogP contribution in [0.5, 0.6) is 0 Å². The normalized spacial score (nSPS) is 18.1. The van der Waals surface area contributed by atoms with Crippen LogP contribution in [0.15, 0.2) is 4.42 Å². The molecule has 2 heteroatoms. The highest BCUT2D eigenvalue weighted by Gasteiger charge is 2.31. The number of hydrogen-bond acceptors (Lipinski definition) is 2. The Hall–Kier alpha value is -0.760. The summed E-state index contributed by atoms with van der Waals surface area (Å²) in [6.45, 7) is 9.70. The lowest BCUT2D eigenvalue weighted by Gasteiger charge is -2.35. The van der Waals surface area contributed by atoms with Crippen molar-refractivity contribution in [1.29, 1.82) is 0 Å². The van der Waals surface area contributed by atoms with Crippen LogP contribution in [0.4, 0.5) is 0 Å². The van der Waals surface area contributed by atoms with Crippen molar-refractivity contribution in [3.8, 4) is 0 Å². The largest absolute Gasteiger partial charge is 0.466 e. The van der Waals surface area contributed by atoms with Crippen molar-refractivity contribution in [3.63, 3.8) is 0 Å². The Balaban J connectivity index is 2.23. The van der Waals surface area contributed by atoms with E-state index in [0.29, 0.717) is 6.04 Å². The van der Waals surface area contributed by atoms with Gasteiger partial charge in [0.2, 0.25) is 0 Å². The van der Waals surface area contributed by atoms with E-state index in [1.54, 1.807) is 0 Å². The predicted octanol–water partition coefficient (Wildman–Crippen LogP) is 4.05. The fourth-order valence-corrected chi connectivity index (χ4v) is 2.84. The Kier molecular flexibility index (Phi) is 3.93. The molecule has 1 N–H and O–H groups in total. The van der Waals surface area contributed by atoms with Crippen molar-refractivity contribution < 1.29 is 4.42 Å². The lowest BCUT2D eigenvalue weighted by Crippen LogP contribution is -2.33. The van der Waals surface area contributed by atoms with Crippen LogP contribution in [0.3, 0.4) is 0 Å². The molecule has 2 rings (SSSR count). The second kappa shape index (κ2) is 5.26. The molecule has 1 saturated carbocycles. The number of hydrogen-bond donors (Lipinski definition) is 1. The van der Waals surface area contributed by atoms with Crippen LogP contribution in [0, 0.1) is 26.7 Å². The second-order valence-corrected chi connectivity index (χ2v) is 5.38. The summed E-state index contributed by atoms with van der Waals surface area (Å²) in [7, 11) is 0. The van der Waals surface area contributed by atoms with Crippen molar-refractivity contribution in [2.45, 2.75) is 59.4 Å². The molecule has 1 atom stereocenters. The molecule has 0 amide bonds. The summed E-state index contributed by atoms with van der Waals surface area (Å²) in [4.78, 5) is 0. The number of aryl methyl sites for hydroxylation is 2. The van der Waals surface area contributed by atoms with Gasteiger partial charge in [0.25, 0.3) is 0 Å². The summed E-state index contributed by atoms with van der Waals surface area (Å²) in [5.74, 6) is 3.01. The van der Waals surface area contributed by atoms with E-state index in [1.165, 1.54) is 36.8 Å². The van der Waals surface area contributed by atoms with Crippen molar-refractivity contribution >= 4 is 0 Å². The maximum atomic E-state index is 5.78. The third-order valence-electron chi connectivity index (χ3n) is 4.16. The first-order valence-electron chi connectivity index (χ1n) is 6.95. The van der Waals surface area contributed by atoms with Crippen LogP contribution >= 0.6 is 0 Å². The zero-order valence-corrected chi connectivity index (χ0v) is 11.6. The number of furan rings is 1. The van der Waals surface area contributed by atoms with E-state index in [2.05, 4.69) is 33.0 Å². The van der Waals surface area contributed by atoms with E-state index in [4.69, 9.17) is 4.42 Å². The highest BCUT2D eigenvalue weighted by Crippen LogP contribution is 2.41. The average molecular weight is 235 g/mol. The van der Waals surface area contributed by atoms with Gasteiger partial charge in [-0.25, -0.2) is 0 Å². The Bertz CT molecular complexity index is 377. The first kappa shape index (κ1) is 12.7. The molecule has 1 unspecified atom stereocenters. The topological polar surface area (TPSA) is 25.2 Å². The Labute approximate surface area is 105 Å². The van der Waals surface area contributed by atoms with Crippen LogP contribution in [0.2, 0.25) is 0 Å². The van der Waals surface area contributed by atoms with Crippen molar-refractivity contribution in [2.75, 3.05) is 6.54 Å². The molecule has 1 aromatic rings. The minimum absolute atomic E-state index is 0.515. The summed E-state index contributed by atoms with van der Waals surface area (Å²) in [5, 5.41) is 3.72. The molecule has 1 aliphatic carbocycles. The highest BCUT2D eigenvalue weighted by atomic mass is 16.3. The molecule has 0 radical (unpaired) electrons. The van der Waals surface area contributed by atoms with Gasteiger partial charge in [0.15, 0.2) is 0 Å². The van der Waals surface area contributed by atoms with Gasteiger partial charge >= 0.3 is 0 Å². The van der Waals surface area contributed by atoms with E-state index >= 15 is 0 Å². The van der Waals surface area contributed by atoms with Gasteiger partial charge in [-0.2, -0.15) is 0 Å². The molecular weight excluding hydrogens is 210 g/mol. The van der Waals surface area contributed by atoms with Gasteiger partial charge in [-0.1, -0.05) is 13.3 Å². The van der Waals surface area contributed by atoms with Gasteiger partial charge < -0.3 is 9.73 Å². The van der Waals surface area contributed by atoms with Crippen LogP contribution in [-0.4, -0.2) is 6.54 Å². The first-order chi connectivity index (χ1) is 8.15. The van der Waals surface area contributed by atoms with E-state index in [0.717, 1.165) is 24.0 Å². The van der Waals surface area contributed by atoms with Crippen molar-refractivity contribution in [2.24, 2.45) is 5.92 Å². The molecule has 0 saturated heterocycles. The molecular formula is C15H25NO. The Morgan fingerprint density at radius 2 is 1.94 bits per heavy atom. The van der Waals surface area contributed by atoms with Crippen LogP contribution < -0.4 is 5.32 Å². The van der Waals surface area contributed by atoms with Crippen LogP contribution in [-0.2, 0) is 0 Å². The molecule has 0 aromatic carbocycles. The third kappa shape index (κ3) is 2.42. The van der Waals surface area contributed by atoms with E-state index in [1.807, 2.05) is 0 Å². The minimum Gasteiger partial charge on any atom is -0.466 e. The van der Waals surface area contributed by atoms with Gasteiger partial charge in [0.05, 0.1) is 0 Å². The smallest absolute Gasteiger partial charge is 0.106 e. The van der Waals surface area contributed by atoms with Gasteiger partial charge in [0, 0.05) is 11.6 Å². The summed E-state index contributed by atoms with van der Waals surface area (Å²) >= 11 is 0. The molecule has 1 aliphatic rings. The molecule has 17 heavy (non-hydrogen) atoms. The van der Waals surface area contributed by atoms with E-state index < -0.39 is 0 Å². The first-order valence-corrected chi connectivity index (χ1v) is 6.95. The Morgan fingerprint density at radius 3 is 2.35 bits per heavy atom. The monoisotopic (exact) mass is 235 g/mol. The zero-order valence-electron chi connectivity index (χ0n) is 11.6. The third-order valence-corrected chi connectivity index (χ3v) is 4.16. The maximum Gasteiger partial charge on any atom is 0.106 e. The summed E-state index contributed by atoms with van der Waals surface area (Å²) in [5.41, 5.74) is 2.78. The van der Waals surface area contributed by atoms with E-state index in [9.17, 15) is 0 Å². The van der Waals surface area contributed by atoms with Crippen molar-refractivity contribution in [3.05, 3.63) is 22.6 Å².